The zero-order chi connectivity index (χ0) is 23.8. The summed E-state index contributed by atoms with van der Waals surface area (Å²) >= 11 is 0. The summed E-state index contributed by atoms with van der Waals surface area (Å²) in [6, 6.07) is 1.91. The van der Waals surface area contributed by atoms with Crippen LogP contribution in [-0.2, 0) is 19.6 Å². The Morgan fingerprint density at radius 3 is 2.68 bits per heavy atom. The summed E-state index contributed by atoms with van der Waals surface area (Å²) in [5.74, 6) is -0.726. The minimum absolute atomic E-state index is 0. The molecule has 3 heterocycles. The molecule has 1 saturated heterocycles. The summed E-state index contributed by atoms with van der Waals surface area (Å²) in [5, 5.41) is 3.17. The number of rotatable bonds is 3. The molecule has 1 N–H and O–H groups in total. The van der Waals surface area contributed by atoms with Crippen molar-refractivity contribution in [1.29, 1.82) is 0 Å². The summed E-state index contributed by atoms with van der Waals surface area (Å²) in [7, 11) is -4.03. The molecule has 0 radical (unpaired) electrons. The van der Waals surface area contributed by atoms with Crippen molar-refractivity contribution in [2.24, 2.45) is 10.3 Å². The van der Waals surface area contributed by atoms with Gasteiger partial charge in [-0.1, -0.05) is 12.2 Å². The first-order valence-corrected chi connectivity index (χ1v) is 13.2. The molecule has 10 heteroatoms. The van der Waals surface area contributed by atoms with Crippen LogP contribution in [0.25, 0.3) is 0 Å². The Balaban J connectivity index is 0.00000253. The molecule has 2 atom stereocenters. The first-order chi connectivity index (χ1) is 16.2. The number of sulfonamides is 1. The molecule has 1 aromatic carbocycles. The molecule has 8 nitrogen and oxygen atoms in total. The molecule has 5 aliphatic rings. The van der Waals surface area contributed by atoms with Crippen molar-refractivity contribution in [3.63, 3.8) is 0 Å². The SMILES string of the molecule is C[C@@H]1CC[C@H](N2C(=O)C3=C(CCC=C3)C2=O)CN1c1cc(F)cc2c1NC(C1CC1)=NS2(=O)=O.[HH]. The Morgan fingerprint density at radius 1 is 1.15 bits per heavy atom. The second-order valence-electron chi connectivity index (χ2n) is 9.70. The highest BCUT2D eigenvalue weighted by Gasteiger charge is 2.44. The van der Waals surface area contributed by atoms with E-state index in [1.165, 1.54) is 11.0 Å². The highest BCUT2D eigenvalue weighted by Crippen LogP contribution is 2.43. The van der Waals surface area contributed by atoms with Gasteiger partial charge >= 0.3 is 0 Å². The fraction of sp³-hybridized carbons (Fsp3) is 0.458. The van der Waals surface area contributed by atoms with Crippen molar-refractivity contribution in [1.82, 2.24) is 4.90 Å². The number of nitrogens with one attached hydrogen (secondary N) is 1. The lowest BCUT2D eigenvalue weighted by Crippen LogP contribution is -2.53. The van der Waals surface area contributed by atoms with Crippen LogP contribution in [0.15, 0.2) is 44.7 Å². The molecule has 0 aromatic heterocycles. The van der Waals surface area contributed by atoms with E-state index in [9.17, 15) is 22.4 Å². The van der Waals surface area contributed by atoms with Gasteiger partial charge in [-0.05, 0) is 57.6 Å². The zero-order valence-corrected chi connectivity index (χ0v) is 19.6. The Bertz CT molecular complexity index is 1330. The fourth-order valence-electron chi connectivity index (χ4n) is 5.41. The number of carbonyl (C=O) groups excluding carboxylic acids is 2. The molecule has 2 aliphatic carbocycles. The summed E-state index contributed by atoms with van der Waals surface area (Å²) in [4.78, 5) is 29.3. The molecule has 2 amide bonds. The van der Waals surface area contributed by atoms with E-state index in [1.807, 2.05) is 17.9 Å². The van der Waals surface area contributed by atoms with Gasteiger partial charge in [-0.15, -0.1) is 4.40 Å². The number of hydrogen-bond acceptors (Lipinski definition) is 6. The van der Waals surface area contributed by atoms with Crippen LogP contribution >= 0.6 is 0 Å². The van der Waals surface area contributed by atoms with E-state index < -0.39 is 15.8 Å². The molecule has 3 aliphatic heterocycles. The third-order valence-electron chi connectivity index (χ3n) is 7.39. The Morgan fingerprint density at radius 2 is 1.94 bits per heavy atom. The molecule has 1 saturated carbocycles. The summed E-state index contributed by atoms with van der Waals surface area (Å²) < 4.78 is 44.3. The van der Waals surface area contributed by atoms with Gasteiger partial charge in [0.25, 0.3) is 21.8 Å². The predicted molar refractivity (Wildman–Crippen MR) is 127 cm³/mol. The van der Waals surface area contributed by atoms with Gasteiger partial charge < -0.3 is 10.2 Å². The van der Waals surface area contributed by atoms with Crippen LogP contribution in [0.3, 0.4) is 0 Å². The molecule has 0 unspecified atom stereocenters. The van der Waals surface area contributed by atoms with Crippen LogP contribution in [0.1, 0.15) is 46.9 Å². The Labute approximate surface area is 198 Å². The fourth-order valence-corrected chi connectivity index (χ4v) is 6.63. The number of imide groups is 1. The van der Waals surface area contributed by atoms with E-state index in [-0.39, 0.29) is 36.1 Å². The van der Waals surface area contributed by atoms with E-state index in [4.69, 9.17) is 0 Å². The van der Waals surface area contributed by atoms with Crippen molar-refractivity contribution in [2.75, 3.05) is 16.8 Å². The number of amides is 2. The molecule has 1 aromatic rings. The van der Waals surface area contributed by atoms with Crippen LogP contribution < -0.4 is 10.2 Å². The monoisotopic (exact) mass is 486 g/mol. The first kappa shape index (κ1) is 21.5. The number of allylic oxidation sites excluding steroid dienone is 1. The minimum atomic E-state index is -4.03. The maximum atomic E-state index is 14.7. The molecule has 34 heavy (non-hydrogen) atoms. The van der Waals surface area contributed by atoms with E-state index in [0.717, 1.165) is 25.3 Å². The second kappa shape index (κ2) is 7.49. The van der Waals surface area contributed by atoms with Gasteiger partial charge in [0, 0.05) is 31.1 Å². The van der Waals surface area contributed by atoms with Crippen LogP contribution in [0.2, 0.25) is 0 Å². The zero-order valence-electron chi connectivity index (χ0n) is 18.8. The molecule has 6 rings (SSSR count). The van der Waals surface area contributed by atoms with Crippen LogP contribution in [0.4, 0.5) is 15.8 Å². The quantitative estimate of drug-likeness (QED) is 0.658. The maximum Gasteiger partial charge on any atom is 0.286 e. The van der Waals surface area contributed by atoms with Crippen molar-refractivity contribution in [3.8, 4) is 0 Å². The van der Waals surface area contributed by atoms with Gasteiger partial charge in [0.15, 0.2) is 0 Å². The summed E-state index contributed by atoms with van der Waals surface area (Å²) in [6.45, 7) is 2.29. The highest BCUT2D eigenvalue weighted by atomic mass is 32.2. The standard InChI is InChI=1S/C24H25FN4O4S.H2/c1-13-6-9-16(29-23(30)17-4-2-3-5-18(17)24(29)31)12-28(13)19-10-15(25)11-20-21(19)26-22(14-7-8-14)27-34(20,32)33;/h2,4,10-11,13-14,16H,3,5-9,12H2,1H3,(H,26,27);1H/t13-,16+;/m1./s1. The predicted octanol–water partition coefficient (Wildman–Crippen LogP) is 3.37. The average Bonchev–Trinajstić information content (AvgIpc) is 3.62. The number of piperidine rings is 1. The molecule has 0 bridgehead atoms. The number of anilines is 2. The molecule has 180 valence electrons. The smallest absolute Gasteiger partial charge is 0.286 e. The Kier molecular flexibility index (Phi) is 4.74. The number of hydrogen-bond donors (Lipinski definition) is 1. The molecule has 2 fully saturated rings. The molecular formula is C24H27FN4O4S. The van der Waals surface area contributed by atoms with Crippen molar-refractivity contribution in [2.45, 2.75) is 62.4 Å². The highest BCUT2D eigenvalue weighted by molar-refractivity contribution is 7.90. The van der Waals surface area contributed by atoms with E-state index >= 15 is 0 Å². The topological polar surface area (TPSA) is 99.2 Å². The Hall–Kier alpha value is -3.01. The number of halogens is 1. The van der Waals surface area contributed by atoms with Gasteiger partial charge in [-0.3, -0.25) is 14.5 Å². The lowest BCUT2D eigenvalue weighted by molar-refractivity contribution is -0.140. The lowest BCUT2D eigenvalue weighted by Gasteiger charge is -2.43. The van der Waals surface area contributed by atoms with E-state index in [1.54, 1.807) is 6.08 Å². The van der Waals surface area contributed by atoms with Crippen LogP contribution in [-0.4, -0.2) is 49.6 Å². The van der Waals surface area contributed by atoms with E-state index in [0.29, 0.717) is 54.2 Å². The summed E-state index contributed by atoms with van der Waals surface area (Å²) in [6.07, 6.45) is 7.97. The second-order valence-corrected chi connectivity index (χ2v) is 11.3. The van der Waals surface area contributed by atoms with Gasteiger partial charge in [0.1, 0.15) is 16.5 Å². The van der Waals surface area contributed by atoms with Gasteiger partial charge in [-0.25, -0.2) is 4.39 Å². The largest absolute Gasteiger partial charge is 0.365 e. The molecular weight excluding hydrogens is 459 g/mol. The average molecular weight is 487 g/mol. The number of fused-ring (bicyclic) bond motifs is 1. The van der Waals surface area contributed by atoms with Crippen molar-refractivity contribution in [3.05, 3.63) is 41.2 Å². The first-order valence-electron chi connectivity index (χ1n) is 11.7. The van der Waals surface area contributed by atoms with Gasteiger partial charge in [-0.2, -0.15) is 8.42 Å². The molecule has 0 spiro atoms. The third-order valence-corrected chi connectivity index (χ3v) is 8.70. The number of benzene rings is 1. The van der Waals surface area contributed by atoms with Crippen molar-refractivity contribution < 1.29 is 23.8 Å². The number of amidine groups is 1. The van der Waals surface area contributed by atoms with Gasteiger partial charge in [0.05, 0.1) is 17.4 Å². The normalized spacial score (nSPS) is 28.0. The van der Waals surface area contributed by atoms with Gasteiger partial charge in [0.2, 0.25) is 0 Å². The number of nitrogens with zero attached hydrogens (tertiary/aromatic N) is 3. The van der Waals surface area contributed by atoms with Crippen molar-refractivity contribution >= 4 is 39.0 Å². The third kappa shape index (κ3) is 3.30. The number of carbonyl (C=O) groups is 2. The van der Waals surface area contributed by atoms with Crippen LogP contribution in [0.5, 0.6) is 0 Å². The van der Waals surface area contributed by atoms with E-state index in [2.05, 4.69) is 9.71 Å². The maximum absolute atomic E-state index is 14.7. The summed E-state index contributed by atoms with van der Waals surface area (Å²) in [5.41, 5.74) is 1.78. The van der Waals surface area contributed by atoms with Crippen LogP contribution in [0, 0.1) is 11.7 Å². The lowest BCUT2D eigenvalue weighted by atomic mass is 9.96. The minimum Gasteiger partial charge on any atom is -0.365 e.